The SMILES string of the molecule is CCC(=O)CN(C)CCCCN(C)CCCCC(NC)C(=O)O. The van der Waals surface area contributed by atoms with Gasteiger partial charge in [0.2, 0.25) is 0 Å². The Morgan fingerprint density at radius 1 is 1.00 bits per heavy atom. The van der Waals surface area contributed by atoms with Crippen molar-refractivity contribution in [3.63, 3.8) is 0 Å². The highest BCUT2D eigenvalue weighted by Gasteiger charge is 2.13. The molecule has 0 aliphatic heterocycles. The summed E-state index contributed by atoms with van der Waals surface area (Å²) in [6.45, 7) is 5.47. The summed E-state index contributed by atoms with van der Waals surface area (Å²) in [4.78, 5) is 26.6. The van der Waals surface area contributed by atoms with Crippen LogP contribution in [0.4, 0.5) is 0 Å². The van der Waals surface area contributed by atoms with Crippen LogP contribution in [0.5, 0.6) is 0 Å². The molecule has 0 aliphatic rings. The number of hydrogen-bond acceptors (Lipinski definition) is 5. The molecule has 0 fully saturated rings. The minimum Gasteiger partial charge on any atom is -0.480 e. The monoisotopic (exact) mass is 329 g/mol. The zero-order chi connectivity index (χ0) is 17.7. The Hall–Kier alpha value is -0.980. The quantitative estimate of drug-likeness (QED) is 0.443. The van der Waals surface area contributed by atoms with Crippen molar-refractivity contribution in [3.05, 3.63) is 0 Å². The smallest absolute Gasteiger partial charge is 0.320 e. The van der Waals surface area contributed by atoms with Crippen LogP contribution in [0, 0.1) is 0 Å². The molecule has 0 spiro atoms. The zero-order valence-corrected chi connectivity index (χ0v) is 15.3. The molecule has 1 unspecified atom stereocenters. The predicted octanol–water partition coefficient (Wildman–Crippen LogP) is 1.45. The molecule has 0 saturated heterocycles. The lowest BCUT2D eigenvalue weighted by molar-refractivity contribution is -0.139. The average Bonchev–Trinajstić information content (AvgIpc) is 2.51. The highest BCUT2D eigenvalue weighted by atomic mass is 16.4. The van der Waals surface area contributed by atoms with E-state index in [1.165, 1.54) is 0 Å². The van der Waals surface area contributed by atoms with E-state index in [0.717, 1.165) is 45.3 Å². The summed E-state index contributed by atoms with van der Waals surface area (Å²) < 4.78 is 0. The van der Waals surface area contributed by atoms with E-state index >= 15 is 0 Å². The maximum Gasteiger partial charge on any atom is 0.320 e. The van der Waals surface area contributed by atoms with Gasteiger partial charge in [0.05, 0.1) is 6.54 Å². The molecule has 23 heavy (non-hydrogen) atoms. The maximum atomic E-state index is 11.3. The summed E-state index contributed by atoms with van der Waals surface area (Å²) >= 11 is 0. The first kappa shape index (κ1) is 22.0. The van der Waals surface area contributed by atoms with Crippen LogP contribution >= 0.6 is 0 Å². The van der Waals surface area contributed by atoms with E-state index in [2.05, 4.69) is 22.2 Å². The molecule has 0 saturated carbocycles. The number of likely N-dealkylation sites (N-methyl/N-ethyl adjacent to an activating group) is 2. The summed E-state index contributed by atoms with van der Waals surface area (Å²) in [6, 6.07) is -0.429. The number of carboxylic acids is 1. The third-order valence-electron chi connectivity index (χ3n) is 4.10. The Morgan fingerprint density at radius 2 is 1.52 bits per heavy atom. The minimum atomic E-state index is -0.772. The van der Waals surface area contributed by atoms with Crippen LogP contribution < -0.4 is 5.32 Å². The van der Waals surface area contributed by atoms with Gasteiger partial charge in [0, 0.05) is 6.42 Å². The van der Waals surface area contributed by atoms with Gasteiger partial charge in [-0.15, -0.1) is 0 Å². The molecule has 0 aliphatic carbocycles. The number of Topliss-reactive ketones (excluding diaryl/α,β-unsaturated/α-hetero) is 1. The maximum absolute atomic E-state index is 11.3. The molecule has 0 radical (unpaired) electrons. The number of aliphatic carboxylic acids is 1. The number of ketones is 1. The van der Waals surface area contributed by atoms with Gasteiger partial charge in [-0.3, -0.25) is 14.5 Å². The number of rotatable bonds is 15. The van der Waals surface area contributed by atoms with Crippen molar-refractivity contribution in [2.75, 3.05) is 47.3 Å². The topological polar surface area (TPSA) is 72.9 Å². The van der Waals surface area contributed by atoms with E-state index in [4.69, 9.17) is 5.11 Å². The molecule has 1 atom stereocenters. The van der Waals surface area contributed by atoms with Crippen LogP contribution in [0.3, 0.4) is 0 Å². The molecule has 0 amide bonds. The standard InChI is InChI=1S/C17H35N3O3/c1-5-15(21)14-20(4)13-9-8-12-19(3)11-7-6-10-16(18-2)17(22)23/h16,18H,5-14H2,1-4H3,(H,22,23). The molecule has 0 aromatic rings. The summed E-state index contributed by atoms with van der Waals surface area (Å²) in [5.41, 5.74) is 0. The van der Waals surface area contributed by atoms with Crippen LogP contribution in [-0.4, -0.2) is 80.0 Å². The van der Waals surface area contributed by atoms with Crippen molar-refractivity contribution < 1.29 is 14.7 Å². The second-order valence-corrected chi connectivity index (χ2v) is 6.32. The number of carbonyl (C=O) groups excluding carboxylic acids is 1. The Labute approximate surface area is 141 Å². The fourth-order valence-electron chi connectivity index (χ4n) is 2.49. The first-order valence-electron chi connectivity index (χ1n) is 8.69. The van der Waals surface area contributed by atoms with Gasteiger partial charge < -0.3 is 15.3 Å². The van der Waals surface area contributed by atoms with E-state index in [-0.39, 0.29) is 0 Å². The fourth-order valence-corrected chi connectivity index (χ4v) is 2.49. The minimum absolute atomic E-state index is 0.297. The summed E-state index contributed by atoms with van der Waals surface area (Å²) in [7, 11) is 5.80. The van der Waals surface area contributed by atoms with Crippen LogP contribution in [0.15, 0.2) is 0 Å². The van der Waals surface area contributed by atoms with Crippen LogP contribution in [0.1, 0.15) is 45.4 Å². The molecule has 136 valence electrons. The van der Waals surface area contributed by atoms with Gasteiger partial charge in [0.25, 0.3) is 0 Å². The third-order valence-corrected chi connectivity index (χ3v) is 4.10. The van der Waals surface area contributed by atoms with Gasteiger partial charge in [0.1, 0.15) is 11.8 Å². The van der Waals surface area contributed by atoms with E-state index in [1.54, 1.807) is 7.05 Å². The number of nitrogens with one attached hydrogen (secondary N) is 1. The van der Waals surface area contributed by atoms with Gasteiger partial charge >= 0.3 is 5.97 Å². The second kappa shape index (κ2) is 13.5. The summed E-state index contributed by atoms with van der Waals surface area (Å²) in [5.74, 6) is -0.475. The lowest BCUT2D eigenvalue weighted by Gasteiger charge is -2.19. The molecule has 0 heterocycles. The van der Waals surface area contributed by atoms with Crippen molar-refractivity contribution in [2.24, 2.45) is 0 Å². The number of nitrogens with zero attached hydrogens (tertiary/aromatic N) is 2. The molecule has 0 aromatic heterocycles. The highest BCUT2D eigenvalue weighted by Crippen LogP contribution is 2.03. The molecule has 0 rings (SSSR count). The van der Waals surface area contributed by atoms with Gasteiger partial charge in [-0.1, -0.05) is 13.3 Å². The first-order valence-corrected chi connectivity index (χ1v) is 8.69. The molecule has 0 bridgehead atoms. The molecule has 6 heteroatoms. The van der Waals surface area contributed by atoms with Gasteiger partial charge in [-0.25, -0.2) is 0 Å². The average molecular weight is 329 g/mol. The van der Waals surface area contributed by atoms with Crippen molar-refractivity contribution in [1.29, 1.82) is 0 Å². The Morgan fingerprint density at radius 3 is 2.00 bits per heavy atom. The van der Waals surface area contributed by atoms with E-state index in [0.29, 0.717) is 25.2 Å². The lowest BCUT2D eigenvalue weighted by atomic mass is 10.1. The van der Waals surface area contributed by atoms with Crippen molar-refractivity contribution in [3.8, 4) is 0 Å². The number of unbranched alkanes of at least 4 members (excludes halogenated alkanes) is 2. The summed E-state index contributed by atoms with van der Waals surface area (Å²) in [5, 5.41) is 11.8. The Balaban J connectivity index is 3.59. The van der Waals surface area contributed by atoms with Crippen LogP contribution in [0.25, 0.3) is 0 Å². The predicted molar refractivity (Wildman–Crippen MR) is 93.9 cm³/mol. The van der Waals surface area contributed by atoms with E-state index in [1.807, 2.05) is 14.0 Å². The first-order chi connectivity index (χ1) is 10.9. The number of carboxylic acid groups (broad SMARTS) is 1. The Bertz CT molecular complexity index is 337. The van der Waals surface area contributed by atoms with Crippen LogP contribution in [-0.2, 0) is 9.59 Å². The van der Waals surface area contributed by atoms with Crippen molar-refractivity contribution in [1.82, 2.24) is 15.1 Å². The molecular formula is C17H35N3O3. The molecule has 0 aromatic carbocycles. The van der Waals surface area contributed by atoms with Crippen molar-refractivity contribution in [2.45, 2.75) is 51.5 Å². The third kappa shape index (κ3) is 12.1. The number of carbonyl (C=O) groups is 2. The molecular weight excluding hydrogens is 294 g/mol. The number of hydrogen-bond donors (Lipinski definition) is 2. The zero-order valence-electron chi connectivity index (χ0n) is 15.3. The second-order valence-electron chi connectivity index (χ2n) is 6.32. The van der Waals surface area contributed by atoms with E-state index < -0.39 is 12.0 Å². The van der Waals surface area contributed by atoms with Crippen LogP contribution in [0.2, 0.25) is 0 Å². The van der Waals surface area contributed by atoms with Crippen molar-refractivity contribution >= 4 is 11.8 Å². The van der Waals surface area contributed by atoms with E-state index in [9.17, 15) is 9.59 Å². The van der Waals surface area contributed by atoms with Gasteiger partial charge in [-0.05, 0) is 66.5 Å². The Kier molecular flexibility index (Phi) is 12.9. The van der Waals surface area contributed by atoms with Gasteiger partial charge in [-0.2, -0.15) is 0 Å². The largest absolute Gasteiger partial charge is 0.480 e. The highest BCUT2D eigenvalue weighted by molar-refractivity contribution is 5.80. The summed E-state index contributed by atoms with van der Waals surface area (Å²) in [6.07, 6.45) is 5.45. The lowest BCUT2D eigenvalue weighted by Crippen LogP contribution is -2.33. The molecule has 2 N–H and O–H groups in total. The fraction of sp³-hybridized carbons (Fsp3) is 0.882. The molecule has 6 nitrogen and oxygen atoms in total. The normalized spacial score (nSPS) is 12.8. The van der Waals surface area contributed by atoms with Gasteiger partial charge in [0.15, 0.2) is 0 Å².